The zero-order valence-electron chi connectivity index (χ0n) is 68.2. The monoisotopic (exact) mass is 1700 g/mol. The molecule has 7 aliphatic rings. The van der Waals surface area contributed by atoms with Gasteiger partial charge >= 0.3 is 29.4 Å². The molecule has 1 N–H and O–H groups in total. The van der Waals surface area contributed by atoms with Crippen molar-refractivity contribution in [1.29, 1.82) is 0 Å². The molecule has 0 heterocycles. The SMILES string of the molecule is CC[Si](CC)(CC)O[C@@H]1[C@H](O)[C@H](OP(=O)(OCC2c3ccccc3-c3ccccc32)OCC2c3ccccc3-c3ccccc32)[C@@H](OP(=O)(OCC2c3ccccc3-c3ccccc32)OCC2c3ccccc3-c3ccccc32)[C@H](OP(=O)(OCC2c3ccccc3-c3ccccc32)OCC2c3ccccc3-c3ccccc32)[C@H]1OC(=O)CCC(C)=O. The smallest absolute Gasteiger partial charge is 0.457 e. The van der Waals surface area contributed by atoms with E-state index in [9.17, 15) is 9.90 Å². The van der Waals surface area contributed by atoms with Gasteiger partial charge in [-0.15, -0.1) is 0 Å². The van der Waals surface area contributed by atoms with Gasteiger partial charge in [-0.25, -0.2) is 13.7 Å². The van der Waals surface area contributed by atoms with Gasteiger partial charge in [-0.2, -0.15) is 0 Å². The van der Waals surface area contributed by atoms with E-state index in [0.717, 1.165) is 134 Å². The zero-order chi connectivity index (χ0) is 83.4. The highest BCUT2D eigenvalue weighted by Crippen LogP contribution is 2.65. The lowest BCUT2D eigenvalue weighted by atomic mass is 9.85. The molecule has 1 saturated carbocycles. The van der Waals surface area contributed by atoms with Crippen LogP contribution in [0.5, 0.6) is 0 Å². The van der Waals surface area contributed by atoms with Crippen LogP contribution in [0, 0.1) is 0 Å². The number of Topliss-reactive ketones (excluding diaryl/α,β-unsaturated/α-hetero) is 1. The molecule has 6 atom stereocenters. The molecule has 12 aromatic carbocycles. The predicted molar refractivity (Wildman–Crippen MR) is 473 cm³/mol. The van der Waals surface area contributed by atoms with Gasteiger partial charge in [0.25, 0.3) is 0 Å². The molecule has 21 heteroatoms. The highest BCUT2D eigenvalue weighted by Gasteiger charge is 2.63. The summed E-state index contributed by atoms with van der Waals surface area (Å²) in [6.45, 7) is 5.35. The summed E-state index contributed by atoms with van der Waals surface area (Å²) in [4.78, 5) is 28.6. The Balaban J connectivity index is 0.811. The van der Waals surface area contributed by atoms with Crippen LogP contribution >= 0.6 is 23.5 Å². The molecule has 0 unspecified atom stereocenters. The summed E-state index contributed by atoms with van der Waals surface area (Å²) in [6, 6.07) is 96.6. The first kappa shape index (κ1) is 81.9. The molecular weight excluding hydrogens is 1610 g/mol. The van der Waals surface area contributed by atoms with Gasteiger partial charge < -0.3 is 19.1 Å². The minimum atomic E-state index is -5.49. The number of hydrogen-bond donors (Lipinski definition) is 1. The second-order valence-electron chi connectivity index (χ2n) is 32.7. The number of ether oxygens (including phenoxy) is 1. The second kappa shape index (κ2) is 34.4. The number of phosphoric acid groups is 3. The van der Waals surface area contributed by atoms with Gasteiger partial charge in [0.1, 0.15) is 36.3 Å². The van der Waals surface area contributed by atoms with Gasteiger partial charge in [0.05, 0.1) is 46.1 Å². The van der Waals surface area contributed by atoms with E-state index in [1.807, 2.05) is 312 Å². The molecule has 19 rings (SSSR count). The topological polar surface area (TPSA) is 207 Å². The Kier molecular flexibility index (Phi) is 23.1. The standard InChI is InChI=1S/C101H95O17P3Si/c1-5-122(6-2,7-3)118-98-96(104)97(115-119(105,108-58-89-77-44-20-8-32-65(77)66-33-9-21-45-78(66)89)109-59-90-79-46-22-10-34-67(79)68-35-11-23-47-80(68)90)100(116-120(106,110-60-91-81-48-24-12-36-69(81)70-37-13-25-49-82(70)91)111-61-92-83-50-26-14-38-71(83)72-39-15-27-51-84(72)92)101(99(98)114-95(103)57-56-64(4)102)117-121(107,112-62-93-85-52-28-16-40-73(85)74-41-17-29-53-86(74)93)113-63-94-87-54-30-18-42-75(87)76-43-19-31-55-88(76)94/h8-55,89-94,96-101,104H,5-7,56-63H2,1-4H3/t96-,97+,98-,99+,100-,101-/m1/s1. The van der Waals surface area contributed by atoms with Crippen molar-refractivity contribution in [2.24, 2.45) is 0 Å². The lowest BCUT2D eigenvalue weighted by Gasteiger charge is -2.50. The zero-order valence-corrected chi connectivity index (χ0v) is 71.9. The molecule has 122 heavy (non-hydrogen) atoms. The highest BCUT2D eigenvalue weighted by molar-refractivity contribution is 7.49. The fourth-order valence-corrected chi connectivity index (χ4v) is 27.0. The van der Waals surface area contributed by atoms with Gasteiger partial charge in [0.2, 0.25) is 0 Å². The first-order valence-corrected chi connectivity index (χ1v) is 49.3. The Morgan fingerprint density at radius 1 is 0.279 bits per heavy atom. The Morgan fingerprint density at radius 3 is 0.664 bits per heavy atom. The molecule has 0 bridgehead atoms. The van der Waals surface area contributed by atoms with E-state index in [4.69, 9.17) is 49.9 Å². The summed E-state index contributed by atoms with van der Waals surface area (Å²) in [5, 5.41) is 14.6. The van der Waals surface area contributed by atoms with Crippen LogP contribution in [0.2, 0.25) is 18.1 Å². The van der Waals surface area contributed by atoms with Crippen LogP contribution < -0.4 is 0 Å². The molecule has 0 radical (unpaired) electrons. The molecule has 0 spiro atoms. The third kappa shape index (κ3) is 15.4. The summed E-state index contributed by atoms with van der Waals surface area (Å²) in [6.07, 6.45) is -13.4. The Labute approximate surface area is 712 Å². The molecule has 620 valence electrons. The maximum absolute atomic E-state index is 18.0. The number of ketones is 1. The van der Waals surface area contributed by atoms with Crippen LogP contribution in [0.3, 0.4) is 0 Å². The number of esters is 1. The average molecular weight is 1700 g/mol. The second-order valence-corrected chi connectivity index (χ2v) is 42.3. The largest absolute Gasteiger partial charge is 0.475 e. The number of fused-ring (bicyclic) bond motifs is 18. The minimum absolute atomic E-state index is 0.269. The van der Waals surface area contributed by atoms with E-state index < -0.39 is 116 Å². The van der Waals surface area contributed by atoms with E-state index >= 15 is 18.5 Å². The summed E-state index contributed by atoms with van der Waals surface area (Å²) in [5.74, 6) is -4.75. The van der Waals surface area contributed by atoms with Crippen molar-refractivity contribution in [3.05, 3.63) is 358 Å². The maximum atomic E-state index is 18.0. The van der Waals surface area contributed by atoms with Gasteiger partial charge in [-0.1, -0.05) is 312 Å². The number of carbonyl (C=O) groups is 2. The lowest BCUT2D eigenvalue weighted by molar-refractivity contribution is -0.223. The Morgan fingerprint density at radius 2 is 0.467 bits per heavy atom. The third-order valence-corrected chi connectivity index (χ3v) is 35.1. The first-order chi connectivity index (χ1) is 59.5. The third-order valence-electron chi connectivity index (χ3n) is 26.2. The molecule has 0 amide bonds. The molecule has 0 saturated heterocycles. The average Bonchev–Trinajstić information content (AvgIpc) is 1.37. The summed E-state index contributed by atoms with van der Waals surface area (Å²) >= 11 is 0. The van der Waals surface area contributed by atoms with E-state index in [1.54, 1.807) is 0 Å². The molecule has 0 aromatic heterocycles. The van der Waals surface area contributed by atoms with Gasteiger partial charge in [0, 0.05) is 41.9 Å². The number of carbonyl (C=O) groups excluding carboxylic acids is 2. The first-order valence-electron chi connectivity index (χ1n) is 42.4. The maximum Gasteiger partial charge on any atom is 0.475 e. The van der Waals surface area contributed by atoms with Crippen LogP contribution in [0.1, 0.15) is 143 Å². The van der Waals surface area contributed by atoms with Crippen LogP contribution in [0.4, 0.5) is 0 Å². The van der Waals surface area contributed by atoms with Crippen LogP contribution in [0.25, 0.3) is 66.8 Å². The van der Waals surface area contributed by atoms with E-state index in [1.165, 1.54) is 6.92 Å². The van der Waals surface area contributed by atoms with E-state index in [2.05, 4.69) is 0 Å². The number of hydrogen-bond acceptors (Lipinski definition) is 17. The highest BCUT2D eigenvalue weighted by atomic mass is 31.2. The van der Waals surface area contributed by atoms with Crippen LogP contribution in [-0.2, 0) is 73.2 Å². The van der Waals surface area contributed by atoms with Crippen molar-refractivity contribution in [2.75, 3.05) is 39.6 Å². The van der Waals surface area contributed by atoms with Crippen LogP contribution in [-0.4, -0.2) is 101 Å². The minimum Gasteiger partial charge on any atom is -0.457 e. The summed E-state index contributed by atoms with van der Waals surface area (Å²) in [7, 11) is -19.6. The predicted octanol–water partition coefficient (Wildman–Crippen LogP) is 23.5. The fraction of sp³-hybridized carbons (Fsp3) is 0.267. The summed E-state index contributed by atoms with van der Waals surface area (Å²) in [5.41, 5.74) is 21.8. The van der Waals surface area contributed by atoms with Crippen molar-refractivity contribution in [3.63, 3.8) is 0 Å². The fourth-order valence-electron chi connectivity index (χ4n) is 19.9. The molecule has 1 fully saturated rings. The van der Waals surface area contributed by atoms with E-state index in [0.29, 0.717) is 18.1 Å². The van der Waals surface area contributed by atoms with Gasteiger partial charge in [-0.05, 0) is 159 Å². The van der Waals surface area contributed by atoms with Crippen molar-refractivity contribution >= 4 is 43.5 Å². The Hall–Kier alpha value is -9.75. The molecule has 12 aromatic rings. The number of phosphoric ester groups is 3. The van der Waals surface area contributed by atoms with Crippen molar-refractivity contribution in [1.82, 2.24) is 0 Å². The van der Waals surface area contributed by atoms with Gasteiger partial charge in [-0.3, -0.25) is 45.5 Å². The number of benzene rings is 12. The molecular formula is C101H95O17P3Si. The van der Waals surface area contributed by atoms with Gasteiger partial charge in [0.15, 0.2) is 14.4 Å². The van der Waals surface area contributed by atoms with Crippen molar-refractivity contribution in [2.45, 2.75) is 131 Å². The molecule has 17 nitrogen and oxygen atoms in total. The Bertz CT molecular complexity index is 5540. The quantitative estimate of drug-likeness (QED) is 0.0230. The normalized spacial score (nSPS) is 18.9. The van der Waals surface area contributed by atoms with E-state index in [-0.39, 0.29) is 51.8 Å². The lowest BCUT2D eigenvalue weighted by Crippen LogP contribution is -2.68. The molecule has 0 aliphatic heterocycles. The summed E-state index contributed by atoms with van der Waals surface area (Å²) < 4.78 is 133. The number of aliphatic hydroxyl groups is 1. The van der Waals surface area contributed by atoms with Crippen molar-refractivity contribution < 1.29 is 78.3 Å². The number of rotatable bonds is 33. The van der Waals surface area contributed by atoms with Crippen molar-refractivity contribution in [3.8, 4) is 66.8 Å². The number of aliphatic hydroxyl groups excluding tert-OH is 1. The van der Waals surface area contributed by atoms with Crippen LogP contribution in [0.15, 0.2) is 291 Å². The molecule has 7 aliphatic carbocycles.